The molecule has 0 spiro atoms. The second kappa shape index (κ2) is 7.55. The van der Waals surface area contributed by atoms with Crippen LogP contribution in [0.2, 0.25) is 0 Å². The highest BCUT2D eigenvalue weighted by Crippen LogP contribution is 2.22. The minimum atomic E-state index is -0.0731. The van der Waals surface area contributed by atoms with Gasteiger partial charge in [-0.15, -0.1) is 0 Å². The maximum atomic E-state index is 12.3. The van der Waals surface area contributed by atoms with Crippen molar-refractivity contribution in [3.63, 3.8) is 0 Å². The third-order valence-electron chi connectivity index (χ3n) is 4.57. The fraction of sp³-hybridized carbons (Fsp3) is 0.647. The first-order valence-electron chi connectivity index (χ1n) is 7.99. The van der Waals surface area contributed by atoms with Gasteiger partial charge in [-0.25, -0.2) is 0 Å². The molecule has 1 aromatic heterocycles. The van der Waals surface area contributed by atoms with Crippen LogP contribution in [0.1, 0.15) is 50.3 Å². The Morgan fingerprint density at radius 1 is 1.43 bits per heavy atom. The number of nitrogens with zero attached hydrogens (tertiary/aromatic N) is 2. The van der Waals surface area contributed by atoms with Crippen LogP contribution in [0.25, 0.3) is 0 Å². The molecule has 1 N–H and O–H groups in total. The number of hydrogen-bond donors (Lipinski definition) is 1. The van der Waals surface area contributed by atoms with E-state index in [9.17, 15) is 4.79 Å². The van der Waals surface area contributed by atoms with Crippen LogP contribution < -0.4 is 5.32 Å². The SMILES string of the molecule is Cc1cc(CNC(=O)[C@@H](C)N(C)C2CCCCC2)ccn1. The second-order valence-electron chi connectivity index (χ2n) is 6.16. The summed E-state index contributed by atoms with van der Waals surface area (Å²) in [4.78, 5) is 18.7. The van der Waals surface area contributed by atoms with Crippen LogP contribution >= 0.6 is 0 Å². The Bertz CT molecular complexity index is 469. The van der Waals surface area contributed by atoms with E-state index >= 15 is 0 Å². The predicted octanol–water partition coefficient (Wildman–Crippen LogP) is 2.66. The highest BCUT2D eigenvalue weighted by molar-refractivity contribution is 5.81. The number of rotatable bonds is 5. The summed E-state index contributed by atoms with van der Waals surface area (Å²) in [7, 11) is 2.08. The average molecular weight is 289 g/mol. The fourth-order valence-corrected chi connectivity index (χ4v) is 3.04. The lowest BCUT2D eigenvalue weighted by Crippen LogP contribution is -2.48. The molecule has 1 atom stereocenters. The average Bonchev–Trinajstić information content (AvgIpc) is 2.52. The summed E-state index contributed by atoms with van der Waals surface area (Å²) >= 11 is 0. The van der Waals surface area contributed by atoms with Gasteiger partial charge in [0.25, 0.3) is 0 Å². The van der Waals surface area contributed by atoms with Crippen LogP contribution in [0, 0.1) is 6.92 Å². The minimum absolute atomic E-state index is 0.0731. The molecule has 0 aliphatic heterocycles. The van der Waals surface area contributed by atoms with Crippen molar-refractivity contribution in [1.29, 1.82) is 0 Å². The Morgan fingerprint density at radius 2 is 2.14 bits per heavy atom. The van der Waals surface area contributed by atoms with E-state index in [4.69, 9.17) is 0 Å². The quantitative estimate of drug-likeness (QED) is 0.906. The third kappa shape index (κ3) is 4.53. The van der Waals surface area contributed by atoms with Gasteiger partial charge in [-0.3, -0.25) is 14.7 Å². The molecule has 1 heterocycles. The first-order chi connectivity index (χ1) is 10.1. The van der Waals surface area contributed by atoms with Gasteiger partial charge >= 0.3 is 0 Å². The van der Waals surface area contributed by atoms with Crippen molar-refractivity contribution in [1.82, 2.24) is 15.2 Å². The van der Waals surface area contributed by atoms with Crippen LogP contribution in [0.4, 0.5) is 0 Å². The van der Waals surface area contributed by atoms with Gasteiger partial charge in [0, 0.05) is 24.5 Å². The summed E-state index contributed by atoms with van der Waals surface area (Å²) in [6.45, 7) is 4.54. The zero-order valence-electron chi connectivity index (χ0n) is 13.4. The Kier molecular flexibility index (Phi) is 5.74. The molecule has 1 fully saturated rings. The molecule has 116 valence electrons. The zero-order valence-corrected chi connectivity index (χ0v) is 13.4. The zero-order chi connectivity index (χ0) is 15.2. The summed E-state index contributed by atoms with van der Waals surface area (Å²) in [6, 6.07) is 4.44. The maximum Gasteiger partial charge on any atom is 0.237 e. The lowest BCUT2D eigenvalue weighted by Gasteiger charge is -2.34. The number of carbonyl (C=O) groups is 1. The summed E-state index contributed by atoms with van der Waals surface area (Å²) in [6.07, 6.45) is 8.15. The van der Waals surface area contributed by atoms with Crippen LogP contribution in [0.15, 0.2) is 18.3 Å². The van der Waals surface area contributed by atoms with Gasteiger partial charge in [0.15, 0.2) is 0 Å². The standard InChI is InChI=1S/C17H27N3O/c1-13-11-15(9-10-18-13)12-19-17(21)14(2)20(3)16-7-5-4-6-8-16/h9-11,14,16H,4-8,12H2,1-3H3,(H,19,21)/t14-/m1/s1. The first kappa shape index (κ1) is 16.0. The largest absolute Gasteiger partial charge is 0.351 e. The van der Waals surface area contributed by atoms with Crippen molar-refractivity contribution in [3.8, 4) is 0 Å². The Morgan fingerprint density at radius 3 is 2.81 bits per heavy atom. The number of carbonyl (C=O) groups excluding carboxylic acids is 1. The molecule has 1 aromatic rings. The summed E-state index contributed by atoms with van der Waals surface area (Å²) in [5.74, 6) is 0.109. The summed E-state index contributed by atoms with van der Waals surface area (Å²) < 4.78 is 0. The topological polar surface area (TPSA) is 45.2 Å². The van der Waals surface area contributed by atoms with Gasteiger partial charge < -0.3 is 5.32 Å². The molecule has 2 rings (SSSR count). The van der Waals surface area contributed by atoms with Gasteiger partial charge in [-0.05, 0) is 51.4 Å². The van der Waals surface area contributed by atoms with E-state index in [2.05, 4.69) is 22.2 Å². The lowest BCUT2D eigenvalue weighted by atomic mass is 9.93. The molecular formula is C17H27N3O. The molecule has 4 nitrogen and oxygen atoms in total. The Labute approximate surface area is 127 Å². The molecule has 0 unspecified atom stereocenters. The van der Waals surface area contributed by atoms with Gasteiger partial charge in [-0.1, -0.05) is 19.3 Å². The second-order valence-corrected chi connectivity index (χ2v) is 6.16. The van der Waals surface area contributed by atoms with E-state index in [1.54, 1.807) is 6.20 Å². The molecule has 0 saturated heterocycles. The third-order valence-corrected chi connectivity index (χ3v) is 4.57. The molecule has 0 bridgehead atoms. The fourth-order valence-electron chi connectivity index (χ4n) is 3.04. The van der Waals surface area contributed by atoms with Crippen molar-refractivity contribution < 1.29 is 4.79 Å². The van der Waals surface area contributed by atoms with E-state index in [1.807, 2.05) is 26.0 Å². The number of aryl methyl sites for hydroxylation is 1. The molecular weight excluding hydrogens is 262 g/mol. The molecule has 4 heteroatoms. The number of likely N-dealkylation sites (N-methyl/N-ethyl adjacent to an activating group) is 1. The number of pyridine rings is 1. The number of aromatic nitrogens is 1. The van der Waals surface area contributed by atoms with Gasteiger partial charge in [-0.2, -0.15) is 0 Å². The van der Waals surface area contributed by atoms with E-state index in [0.29, 0.717) is 12.6 Å². The van der Waals surface area contributed by atoms with E-state index in [1.165, 1.54) is 32.1 Å². The van der Waals surface area contributed by atoms with Crippen molar-refractivity contribution in [2.75, 3.05) is 7.05 Å². The number of hydrogen-bond acceptors (Lipinski definition) is 3. The molecule has 0 aromatic carbocycles. The predicted molar refractivity (Wildman–Crippen MR) is 84.9 cm³/mol. The highest BCUT2D eigenvalue weighted by atomic mass is 16.2. The molecule has 0 radical (unpaired) electrons. The monoisotopic (exact) mass is 289 g/mol. The molecule has 1 amide bonds. The molecule has 1 aliphatic rings. The van der Waals surface area contributed by atoms with Crippen molar-refractivity contribution >= 4 is 5.91 Å². The van der Waals surface area contributed by atoms with Gasteiger partial charge in [0.05, 0.1) is 6.04 Å². The van der Waals surface area contributed by atoms with Gasteiger partial charge in [0.1, 0.15) is 0 Å². The van der Waals surface area contributed by atoms with Crippen molar-refractivity contribution in [3.05, 3.63) is 29.6 Å². The van der Waals surface area contributed by atoms with Crippen LogP contribution in [0.3, 0.4) is 0 Å². The molecule has 1 saturated carbocycles. The first-order valence-corrected chi connectivity index (χ1v) is 7.99. The lowest BCUT2D eigenvalue weighted by molar-refractivity contribution is -0.126. The van der Waals surface area contributed by atoms with E-state index in [-0.39, 0.29) is 11.9 Å². The van der Waals surface area contributed by atoms with Crippen LogP contribution in [0.5, 0.6) is 0 Å². The molecule has 21 heavy (non-hydrogen) atoms. The summed E-state index contributed by atoms with van der Waals surface area (Å²) in [5, 5.41) is 3.04. The molecule has 1 aliphatic carbocycles. The van der Waals surface area contributed by atoms with E-state index in [0.717, 1.165) is 11.3 Å². The Balaban J connectivity index is 1.84. The number of amides is 1. The van der Waals surface area contributed by atoms with Crippen LogP contribution in [-0.2, 0) is 11.3 Å². The Hall–Kier alpha value is -1.42. The van der Waals surface area contributed by atoms with Crippen molar-refractivity contribution in [2.45, 2.75) is 64.6 Å². The van der Waals surface area contributed by atoms with Crippen molar-refractivity contribution in [2.24, 2.45) is 0 Å². The normalized spacial score (nSPS) is 17.7. The number of nitrogens with one attached hydrogen (secondary N) is 1. The maximum absolute atomic E-state index is 12.3. The van der Waals surface area contributed by atoms with Gasteiger partial charge in [0.2, 0.25) is 5.91 Å². The summed E-state index contributed by atoms with van der Waals surface area (Å²) in [5.41, 5.74) is 2.08. The van der Waals surface area contributed by atoms with E-state index < -0.39 is 0 Å². The minimum Gasteiger partial charge on any atom is -0.351 e. The smallest absolute Gasteiger partial charge is 0.237 e. The highest BCUT2D eigenvalue weighted by Gasteiger charge is 2.25. The van der Waals surface area contributed by atoms with Crippen LogP contribution in [-0.4, -0.2) is 34.9 Å².